The van der Waals surface area contributed by atoms with Gasteiger partial charge in [0.25, 0.3) is 10.0 Å². The van der Waals surface area contributed by atoms with Gasteiger partial charge >= 0.3 is 0 Å². The Hall–Kier alpha value is -1.77. The quantitative estimate of drug-likeness (QED) is 0.726. The van der Waals surface area contributed by atoms with Crippen LogP contribution in [0.5, 0.6) is 0 Å². The maximum absolute atomic E-state index is 12.5. The summed E-state index contributed by atoms with van der Waals surface area (Å²) in [5.41, 5.74) is 3.42. The van der Waals surface area contributed by atoms with Crippen LogP contribution in [0, 0.1) is 6.92 Å². The van der Waals surface area contributed by atoms with E-state index in [0.29, 0.717) is 9.90 Å². The molecule has 0 amide bonds. The lowest BCUT2D eigenvalue weighted by Crippen LogP contribution is -2.11. The minimum Gasteiger partial charge on any atom is -0.351 e. The molecule has 0 saturated heterocycles. The van der Waals surface area contributed by atoms with Crippen molar-refractivity contribution in [3.63, 3.8) is 0 Å². The second kappa shape index (κ2) is 5.94. The van der Waals surface area contributed by atoms with Crippen LogP contribution >= 0.6 is 23.1 Å². The van der Waals surface area contributed by atoms with Gasteiger partial charge in [-0.05, 0) is 30.0 Å². The van der Waals surface area contributed by atoms with E-state index < -0.39 is 10.0 Å². The topological polar surface area (TPSA) is 74.3 Å². The van der Waals surface area contributed by atoms with Gasteiger partial charge in [-0.25, -0.2) is 8.42 Å². The number of anilines is 1. The third-order valence-electron chi connectivity index (χ3n) is 3.90. The van der Waals surface area contributed by atoms with E-state index in [2.05, 4.69) is 14.7 Å². The first-order chi connectivity index (χ1) is 11.6. The van der Waals surface area contributed by atoms with Crippen LogP contribution in [-0.2, 0) is 10.0 Å². The molecule has 1 aliphatic rings. The summed E-state index contributed by atoms with van der Waals surface area (Å²) in [6.07, 6.45) is 0. The van der Waals surface area contributed by atoms with E-state index in [-0.39, 0.29) is 0 Å². The summed E-state index contributed by atoms with van der Waals surface area (Å²) in [7, 11) is -3.57. The Balaban J connectivity index is 1.81. The standard InChI is InChI=1S/C16H15N3O2S3/c1-10-11-4-2-5-12(19-24(20,21)13-6-3-8-22-13)15(11)18-14(10)16-17-7-9-23-16/h2-6,8,18-19H,7,9H2,1H3. The van der Waals surface area contributed by atoms with E-state index in [1.54, 1.807) is 35.3 Å². The number of nitrogens with one attached hydrogen (secondary N) is 2. The number of aromatic nitrogens is 1. The number of aromatic amines is 1. The number of nitrogens with zero attached hydrogens (tertiary/aromatic N) is 1. The molecule has 0 bridgehead atoms. The van der Waals surface area contributed by atoms with Crippen molar-refractivity contribution in [1.82, 2.24) is 4.98 Å². The molecule has 3 heterocycles. The van der Waals surface area contributed by atoms with Crippen LogP contribution in [-0.4, -0.2) is 30.7 Å². The predicted octanol–water partition coefficient (Wildman–Crippen LogP) is 3.83. The normalized spacial score (nSPS) is 15.0. The van der Waals surface area contributed by atoms with Crippen LogP contribution in [0.1, 0.15) is 11.3 Å². The fraction of sp³-hybridized carbons (Fsp3) is 0.188. The zero-order valence-electron chi connectivity index (χ0n) is 12.9. The van der Waals surface area contributed by atoms with Gasteiger partial charge in [0.05, 0.1) is 16.9 Å². The Morgan fingerprint density at radius 2 is 2.12 bits per heavy atom. The van der Waals surface area contributed by atoms with Crippen LogP contribution in [0.15, 0.2) is 44.9 Å². The van der Waals surface area contributed by atoms with E-state index in [0.717, 1.165) is 39.5 Å². The van der Waals surface area contributed by atoms with Crippen molar-refractivity contribution in [3.05, 3.63) is 47.0 Å². The van der Waals surface area contributed by atoms with E-state index in [4.69, 9.17) is 0 Å². The van der Waals surface area contributed by atoms with Gasteiger partial charge in [-0.2, -0.15) is 0 Å². The number of H-pyrrole nitrogens is 1. The number of thioether (sulfide) groups is 1. The molecule has 1 aliphatic heterocycles. The van der Waals surface area contributed by atoms with Gasteiger partial charge in [0.1, 0.15) is 9.25 Å². The molecular formula is C16H15N3O2S3. The highest BCUT2D eigenvalue weighted by Gasteiger charge is 2.20. The van der Waals surface area contributed by atoms with Crippen molar-refractivity contribution in [2.75, 3.05) is 17.0 Å². The summed E-state index contributed by atoms with van der Waals surface area (Å²) in [5, 5.41) is 3.75. The average molecular weight is 378 g/mol. The lowest BCUT2D eigenvalue weighted by atomic mass is 10.1. The number of para-hydroxylation sites is 1. The highest BCUT2D eigenvalue weighted by molar-refractivity contribution is 8.14. The monoisotopic (exact) mass is 377 g/mol. The maximum atomic E-state index is 12.5. The van der Waals surface area contributed by atoms with Gasteiger partial charge in [-0.15, -0.1) is 23.1 Å². The number of aryl methyl sites for hydroxylation is 1. The maximum Gasteiger partial charge on any atom is 0.271 e. The number of aliphatic imine (C=N–C) groups is 1. The molecule has 0 fully saturated rings. The minimum absolute atomic E-state index is 0.304. The van der Waals surface area contributed by atoms with Crippen LogP contribution in [0.2, 0.25) is 0 Å². The molecule has 1 aromatic carbocycles. The first-order valence-corrected chi connectivity index (χ1v) is 10.8. The molecule has 0 unspecified atom stereocenters. The van der Waals surface area contributed by atoms with Gasteiger partial charge in [0.2, 0.25) is 0 Å². The molecule has 8 heteroatoms. The van der Waals surface area contributed by atoms with E-state index in [1.807, 2.05) is 19.1 Å². The molecule has 0 aliphatic carbocycles. The predicted molar refractivity (Wildman–Crippen MR) is 102 cm³/mol. The third-order valence-corrected chi connectivity index (χ3v) is 7.65. The molecule has 0 saturated carbocycles. The van der Waals surface area contributed by atoms with Crippen LogP contribution in [0.25, 0.3) is 10.9 Å². The largest absolute Gasteiger partial charge is 0.351 e. The van der Waals surface area contributed by atoms with Crippen molar-refractivity contribution in [2.24, 2.45) is 4.99 Å². The van der Waals surface area contributed by atoms with E-state index in [9.17, 15) is 8.42 Å². The van der Waals surface area contributed by atoms with Gasteiger partial charge < -0.3 is 4.98 Å². The summed E-state index contributed by atoms with van der Waals surface area (Å²) < 4.78 is 28.0. The number of thiophene rings is 1. The highest BCUT2D eigenvalue weighted by Crippen LogP contribution is 2.32. The summed E-state index contributed by atoms with van der Waals surface area (Å²) in [6.45, 7) is 2.86. The fourth-order valence-electron chi connectivity index (χ4n) is 2.75. The van der Waals surface area contributed by atoms with Gasteiger partial charge in [-0.3, -0.25) is 9.71 Å². The Bertz CT molecular complexity index is 1030. The van der Waals surface area contributed by atoms with Crippen molar-refractivity contribution in [3.8, 4) is 0 Å². The second-order valence-corrected chi connectivity index (χ2v) is 9.37. The second-order valence-electron chi connectivity index (χ2n) is 5.43. The molecule has 0 spiro atoms. The summed E-state index contributed by atoms with van der Waals surface area (Å²) >= 11 is 2.92. The molecule has 5 nitrogen and oxygen atoms in total. The van der Waals surface area contributed by atoms with Crippen molar-refractivity contribution >= 4 is 54.8 Å². The molecule has 2 N–H and O–H groups in total. The zero-order chi connectivity index (χ0) is 16.7. The number of sulfonamides is 1. The average Bonchev–Trinajstić information content (AvgIpc) is 3.28. The first kappa shape index (κ1) is 15.7. The lowest BCUT2D eigenvalue weighted by Gasteiger charge is -2.07. The highest BCUT2D eigenvalue weighted by atomic mass is 32.2. The number of benzene rings is 1. The molecule has 0 radical (unpaired) electrons. The molecule has 2 aromatic heterocycles. The number of rotatable bonds is 4. The Morgan fingerprint density at radius 1 is 1.25 bits per heavy atom. The lowest BCUT2D eigenvalue weighted by molar-refractivity contribution is 0.603. The molecule has 24 heavy (non-hydrogen) atoms. The SMILES string of the molecule is Cc1c(C2=NCCS2)[nH]c2c(NS(=O)(=O)c3cccs3)cccc12. The van der Waals surface area contributed by atoms with Crippen molar-refractivity contribution < 1.29 is 8.42 Å². The van der Waals surface area contributed by atoms with Gasteiger partial charge in [0, 0.05) is 17.7 Å². The van der Waals surface area contributed by atoms with E-state index in [1.165, 1.54) is 11.3 Å². The van der Waals surface area contributed by atoms with Crippen molar-refractivity contribution in [1.29, 1.82) is 0 Å². The van der Waals surface area contributed by atoms with Crippen LogP contribution in [0.3, 0.4) is 0 Å². The summed E-state index contributed by atoms with van der Waals surface area (Å²) in [4.78, 5) is 7.89. The number of hydrogen-bond donors (Lipinski definition) is 2. The molecule has 0 atom stereocenters. The Labute approximate surface area is 148 Å². The molecular weight excluding hydrogens is 362 g/mol. The fourth-order valence-corrected chi connectivity index (χ4v) is 5.72. The molecule has 124 valence electrons. The summed E-state index contributed by atoms with van der Waals surface area (Å²) in [6, 6.07) is 8.96. The smallest absolute Gasteiger partial charge is 0.271 e. The number of hydrogen-bond acceptors (Lipinski definition) is 5. The van der Waals surface area contributed by atoms with E-state index >= 15 is 0 Å². The van der Waals surface area contributed by atoms with Gasteiger partial charge in [0.15, 0.2) is 0 Å². The Kier molecular flexibility index (Phi) is 3.90. The number of fused-ring (bicyclic) bond motifs is 1. The van der Waals surface area contributed by atoms with Crippen LogP contribution in [0.4, 0.5) is 5.69 Å². The van der Waals surface area contributed by atoms with Crippen LogP contribution < -0.4 is 4.72 Å². The van der Waals surface area contributed by atoms with Crippen molar-refractivity contribution in [2.45, 2.75) is 11.1 Å². The van der Waals surface area contributed by atoms with Gasteiger partial charge in [-0.1, -0.05) is 18.2 Å². The molecule has 3 aromatic rings. The zero-order valence-corrected chi connectivity index (χ0v) is 15.3. The summed E-state index contributed by atoms with van der Waals surface area (Å²) in [5.74, 6) is 0.988. The third kappa shape index (κ3) is 2.64. The first-order valence-electron chi connectivity index (χ1n) is 7.41. The Morgan fingerprint density at radius 3 is 2.83 bits per heavy atom. The minimum atomic E-state index is -3.57. The molecule has 4 rings (SSSR count).